The van der Waals surface area contributed by atoms with E-state index in [1.54, 1.807) is 0 Å². The first-order chi connectivity index (χ1) is 7.00. The molecular formula is C8H9BrFN3O2. The third kappa shape index (κ3) is 3.45. The van der Waals surface area contributed by atoms with Crippen molar-refractivity contribution >= 4 is 27.7 Å². The summed E-state index contributed by atoms with van der Waals surface area (Å²) in [7, 11) is 0. The molecule has 82 valence electrons. The van der Waals surface area contributed by atoms with Crippen molar-refractivity contribution in [3.05, 3.63) is 22.6 Å². The summed E-state index contributed by atoms with van der Waals surface area (Å²) < 4.78 is 13.7. The van der Waals surface area contributed by atoms with Crippen LogP contribution < -0.4 is 11.1 Å². The Bertz CT molecular complexity index is 375. The standard InChI is InChI=1S/C8H9BrFN3O2/c9-4-1-5(10)8(12-2-4)13-3-6(14)7(11)15/h1-2,6,14H,3H2,(H2,11,15)(H,12,13). The second-order valence-electron chi connectivity index (χ2n) is 2.78. The molecule has 0 aromatic carbocycles. The molecule has 1 rings (SSSR count). The quantitative estimate of drug-likeness (QED) is 0.736. The van der Waals surface area contributed by atoms with E-state index in [1.165, 1.54) is 12.3 Å². The van der Waals surface area contributed by atoms with Crippen LogP contribution in [0.15, 0.2) is 16.7 Å². The highest BCUT2D eigenvalue weighted by molar-refractivity contribution is 9.10. The van der Waals surface area contributed by atoms with Crippen molar-refractivity contribution in [2.24, 2.45) is 5.73 Å². The zero-order valence-corrected chi connectivity index (χ0v) is 9.16. The lowest BCUT2D eigenvalue weighted by atomic mass is 10.3. The second kappa shape index (κ2) is 5.04. The van der Waals surface area contributed by atoms with Crippen LogP contribution in [0.3, 0.4) is 0 Å². The van der Waals surface area contributed by atoms with Gasteiger partial charge in [-0.25, -0.2) is 9.37 Å². The van der Waals surface area contributed by atoms with Crippen LogP contribution in [-0.2, 0) is 4.79 Å². The van der Waals surface area contributed by atoms with Gasteiger partial charge >= 0.3 is 0 Å². The molecule has 1 atom stereocenters. The molecule has 4 N–H and O–H groups in total. The van der Waals surface area contributed by atoms with Crippen molar-refractivity contribution in [3.63, 3.8) is 0 Å². The van der Waals surface area contributed by atoms with E-state index in [4.69, 9.17) is 10.8 Å². The van der Waals surface area contributed by atoms with E-state index in [2.05, 4.69) is 26.2 Å². The number of halogens is 2. The summed E-state index contributed by atoms with van der Waals surface area (Å²) in [4.78, 5) is 14.2. The lowest BCUT2D eigenvalue weighted by Gasteiger charge is -2.09. The lowest BCUT2D eigenvalue weighted by Crippen LogP contribution is -2.34. The maximum absolute atomic E-state index is 13.1. The van der Waals surface area contributed by atoms with Crippen molar-refractivity contribution in [2.75, 3.05) is 11.9 Å². The molecule has 0 spiro atoms. The van der Waals surface area contributed by atoms with Crippen LogP contribution in [0.1, 0.15) is 0 Å². The molecule has 1 heterocycles. The summed E-state index contributed by atoms with van der Waals surface area (Å²) in [5.41, 5.74) is 4.81. The van der Waals surface area contributed by atoms with Gasteiger partial charge in [-0.1, -0.05) is 0 Å². The van der Waals surface area contributed by atoms with Gasteiger partial charge in [0.25, 0.3) is 0 Å². The Kier molecular flexibility index (Phi) is 3.98. The van der Waals surface area contributed by atoms with Crippen molar-refractivity contribution in [2.45, 2.75) is 6.10 Å². The monoisotopic (exact) mass is 277 g/mol. The lowest BCUT2D eigenvalue weighted by molar-refractivity contribution is -0.125. The van der Waals surface area contributed by atoms with Crippen molar-refractivity contribution in [1.29, 1.82) is 0 Å². The van der Waals surface area contributed by atoms with E-state index >= 15 is 0 Å². The molecule has 0 bridgehead atoms. The average Bonchev–Trinajstić information content (AvgIpc) is 2.15. The number of aliphatic hydroxyl groups excluding tert-OH is 1. The van der Waals surface area contributed by atoms with Crippen molar-refractivity contribution < 1.29 is 14.3 Å². The number of nitrogens with zero attached hydrogens (tertiary/aromatic N) is 1. The number of carbonyl (C=O) groups excluding carboxylic acids is 1. The van der Waals surface area contributed by atoms with Crippen LogP contribution in [0.25, 0.3) is 0 Å². The van der Waals surface area contributed by atoms with Gasteiger partial charge in [-0.3, -0.25) is 4.79 Å². The molecule has 15 heavy (non-hydrogen) atoms. The minimum Gasteiger partial charge on any atom is -0.381 e. The van der Waals surface area contributed by atoms with Gasteiger partial charge in [-0.05, 0) is 22.0 Å². The van der Waals surface area contributed by atoms with Gasteiger partial charge in [-0.15, -0.1) is 0 Å². The molecule has 0 radical (unpaired) electrons. The SMILES string of the molecule is NC(=O)C(O)CNc1ncc(Br)cc1F. The Morgan fingerprint density at radius 3 is 3.00 bits per heavy atom. The zero-order chi connectivity index (χ0) is 11.4. The predicted octanol–water partition coefficient (Wildman–Crippen LogP) is 0.241. The summed E-state index contributed by atoms with van der Waals surface area (Å²) in [5.74, 6) is -1.50. The highest BCUT2D eigenvalue weighted by Gasteiger charge is 2.12. The third-order valence-electron chi connectivity index (χ3n) is 1.60. The fourth-order valence-electron chi connectivity index (χ4n) is 0.839. The van der Waals surface area contributed by atoms with Gasteiger partial charge in [0.05, 0.1) is 6.54 Å². The van der Waals surface area contributed by atoms with Crippen LogP contribution in [0.5, 0.6) is 0 Å². The van der Waals surface area contributed by atoms with Crippen LogP contribution in [0.2, 0.25) is 0 Å². The zero-order valence-electron chi connectivity index (χ0n) is 7.58. The molecule has 0 saturated heterocycles. The van der Waals surface area contributed by atoms with E-state index in [0.717, 1.165) is 0 Å². The van der Waals surface area contributed by atoms with Crippen molar-refractivity contribution in [1.82, 2.24) is 4.98 Å². The first-order valence-electron chi connectivity index (χ1n) is 4.03. The number of aromatic nitrogens is 1. The number of hydrogen-bond donors (Lipinski definition) is 3. The molecule has 0 aliphatic heterocycles. The molecule has 5 nitrogen and oxygen atoms in total. The highest BCUT2D eigenvalue weighted by Crippen LogP contribution is 2.15. The summed E-state index contributed by atoms with van der Waals surface area (Å²) >= 11 is 3.05. The summed E-state index contributed by atoms with van der Waals surface area (Å²) in [5, 5.41) is 11.5. The van der Waals surface area contributed by atoms with E-state index in [1.807, 2.05) is 0 Å². The Hall–Kier alpha value is -1.21. The topological polar surface area (TPSA) is 88.2 Å². The minimum atomic E-state index is -1.37. The molecule has 1 aromatic heterocycles. The van der Waals surface area contributed by atoms with Crippen LogP contribution in [0.4, 0.5) is 10.2 Å². The van der Waals surface area contributed by atoms with E-state index in [9.17, 15) is 9.18 Å². The van der Waals surface area contributed by atoms with E-state index < -0.39 is 17.8 Å². The Balaban J connectivity index is 2.62. The molecule has 1 amide bonds. The number of aliphatic hydroxyl groups is 1. The number of anilines is 1. The molecule has 1 aromatic rings. The molecule has 0 aliphatic carbocycles. The Morgan fingerprint density at radius 2 is 2.47 bits per heavy atom. The van der Waals surface area contributed by atoms with Gasteiger partial charge < -0.3 is 16.2 Å². The summed E-state index contributed by atoms with van der Waals surface area (Å²) in [6, 6.07) is 1.21. The van der Waals surface area contributed by atoms with Crippen molar-refractivity contribution in [3.8, 4) is 0 Å². The molecular weight excluding hydrogens is 269 g/mol. The number of carbonyl (C=O) groups is 1. The predicted molar refractivity (Wildman–Crippen MR) is 55.6 cm³/mol. The third-order valence-corrected chi connectivity index (χ3v) is 2.03. The number of nitrogens with one attached hydrogen (secondary N) is 1. The van der Waals surface area contributed by atoms with Crippen LogP contribution >= 0.6 is 15.9 Å². The molecule has 0 fully saturated rings. The highest BCUT2D eigenvalue weighted by atomic mass is 79.9. The second-order valence-corrected chi connectivity index (χ2v) is 3.70. The fourth-order valence-corrected chi connectivity index (χ4v) is 1.14. The maximum Gasteiger partial charge on any atom is 0.248 e. The molecule has 1 unspecified atom stereocenters. The number of hydrogen-bond acceptors (Lipinski definition) is 4. The Labute approximate surface area is 93.6 Å². The molecule has 0 aliphatic rings. The van der Waals surface area contributed by atoms with Gasteiger partial charge in [0.15, 0.2) is 11.6 Å². The summed E-state index contributed by atoms with van der Waals surface area (Å²) in [6.45, 7) is -0.180. The van der Waals surface area contributed by atoms with Crippen LogP contribution in [0, 0.1) is 5.82 Å². The van der Waals surface area contributed by atoms with Gasteiger partial charge in [0, 0.05) is 10.7 Å². The molecule has 0 saturated carbocycles. The minimum absolute atomic E-state index is 0.0431. The smallest absolute Gasteiger partial charge is 0.248 e. The first-order valence-corrected chi connectivity index (χ1v) is 4.82. The number of primary amides is 1. The van der Waals surface area contributed by atoms with Gasteiger partial charge in [-0.2, -0.15) is 0 Å². The largest absolute Gasteiger partial charge is 0.381 e. The van der Waals surface area contributed by atoms with Gasteiger partial charge in [0.1, 0.15) is 6.10 Å². The average molecular weight is 278 g/mol. The molecule has 7 heteroatoms. The number of rotatable bonds is 4. The fraction of sp³-hybridized carbons (Fsp3) is 0.250. The Morgan fingerprint density at radius 1 is 1.80 bits per heavy atom. The number of nitrogens with two attached hydrogens (primary N) is 1. The maximum atomic E-state index is 13.1. The summed E-state index contributed by atoms with van der Waals surface area (Å²) in [6.07, 6.45) is 0.0251. The van der Waals surface area contributed by atoms with Crippen LogP contribution in [-0.4, -0.2) is 28.6 Å². The normalized spacial score (nSPS) is 12.2. The van der Waals surface area contributed by atoms with E-state index in [0.29, 0.717) is 4.47 Å². The number of amides is 1. The first kappa shape index (κ1) is 11.9. The number of pyridine rings is 1. The van der Waals surface area contributed by atoms with E-state index in [-0.39, 0.29) is 12.4 Å². The van der Waals surface area contributed by atoms with Gasteiger partial charge in [0.2, 0.25) is 5.91 Å².